The van der Waals surface area contributed by atoms with Gasteiger partial charge in [0.15, 0.2) is 0 Å². The van der Waals surface area contributed by atoms with Crippen molar-refractivity contribution in [2.75, 3.05) is 6.26 Å². The molecule has 0 atom stereocenters. The molecule has 1 aliphatic carbocycles. The zero-order valence-corrected chi connectivity index (χ0v) is 12.3. The van der Waals surface area contributed by atoms with Crippen molar-refractivity contribution in [3.05, 3.63) is 28.8 Å². The van der Waals surface area contributed by atoms with Gasteiger partial charge in [-0.3, -0.25) is 4.79 Å². The first-order valence-corrected chi connectivity index (χ1v) is 8.16. The van der Waals surface area contributed by atoms with Gasteiger partial charge < -0.3 is 0 Å². The van der Waals surface area contributed by atoms with Gasteiger partial charge in [0, 0.05) is 22.3 Å². The fraction of sp³-hybridized carbons (Fsp3) is 0.533. The average molecular weight is 283 g/mol. The number of halogens is 1. The third-order valence-electron chi connectivity index (χ3n) is 3.69. The predicted octanol–water partition coefficient (Wildman–Crippen LogP) is 4.75. The van der Waals surface area contributed by atoms with Crippen LogP contribution in [0, 0.1) is 5.92 Å². The second-order valence-electron chi connectivity index (χ2n) is 4.94. The van der Waals surface area contributed by atoms with E-state index in [-0.39, 0.29) is 5.92 Å². The lowest BCUT2D eigenvalue weighted by atomic mass is 9.84. The van der Waals surface area contributed by atoms with E-state index in [1.54, 1.807) is 11.8 Å². The molecule has 98 valence electrons. The standard InChI is InChI=1S/C15H19ClOS/c1-18-13-8-7-12(14(16)10-13)9-15(17)11-5-3-2-4-6-11/h7-8,10-11H,2-6,9H2,1H3. The molecule has 0 radical (unpaired) electrons. The van der Waals surface area contributed by atoms with E-state index in [4.69, 9.17) is 11.6 Å². The third-order valence-corrected chi connectivity index (χ3v) is 4.76. The summed E-state index contributed by atoms with van der Waals surface area (Å²) in [6, 6.07) is 5.99. The van der Waals surface area contributed by atoms with Crippen molar-refractivity contribution in [3.8, 4) is 0 Å². The fourth-order valence-corrected chi connectivity index (χ4v) is 3.31. The highest BCUT2D eigenvalue weighted by molar-refractivity contribution is 7.98. The van der Waals surface area contributed by atoms with Crippen molar-refractivity contribution >= 4 is 29.1 Å². The van der Waals surface area contributed by atoms with E-state index in [1.807, 2.05) is 24.5 Å². The Hall–Kier alpha value is -0.470. The molecule has 2 rings (SSSR count). The molecular weight excluding hydrogens is 264 g/mol. The SMILES string of the molecule is CSc1ccc(CC(=O)C2CCCCC2)c(Cl)c1. The zero-order valence-electron chi connectivity index (χ0n) is 10.7. The van der Waals surface area contributed by atoms with Gasteiger partial charge in [0.1, 0.15) is 5.78 Å². The van der Waals surface area contributed by atoms with Crippen LogP contribution in [0.5, 0.6) is 0 Å². The molecule has 0 amide bonds. The lowest BCUT2D eigenvalue weighted by molar-refractivity contribution is -0.123. The second-order valence-corrected chi connectivity index (χ2v) is 6.22. The first kappa shape index (κ1) is 14.0. The maximum atomic E-state index is 12.2. The van der Waals surface area contributed by atoms with Crippen LogP contribution in [0.2, 0.25) is 5.02 Å². The summed E-state index contributed by atoms with van der Waals surface area (Å²) in [5.41, 5.74) is 0.977. The van der Waals surface area contributed by atoms with Gasteiger partial charge in [-0.05, 0) is 36.8 Å². The van der Waals surface area contributed by atoms with Crippen LogP contribution in [-0.2, 0) is 11.2 Å². The minimum Gasteiger partial charge on any atom is -0.299 e. The summed E-state index contributed by atoms with van der Waals surface area (Å²) in [7, 11) is 0. The van der Waals surface area contributed by atoms with E-state index < -0.39 is 0 Å². The molecule has 1 aromatic rings. The molecule has 1 nitrogen and oxygen atoms in total. The minimum absolute atomic E-state index is 0.273. The van der Waals surface area contributed by atoms with E-state index >= 15 is 0 Å². The van der Waals surface area contributed by atoms with Crippen LogP contribution in [0.1, 0.15) is 37.7 Å². The van der Waals surface area contributed by atoms with Crippen molar-refractivity contribution in [2.24, 2.45) is 5.92 Å². The molecule has 18 heavy (non-hydrogen) atoms. The lowest BCUT2D eigenvalue weighted by Crippen LogP contribution is -2.19. The summed E-state index contributed by atoms with van der Waals surface area (Å²) in [6.07, 6.45) is 8.35. The summed E-state index contributed by atoms with van der Waals surface area (Å²) in [4.78, 5) is 13.4. The number of thioether (sulfide) groups is 1. The maximum Gasteiger partial charge on any atom is 0.140 e. The number of carbonyl (C=O) groups is 1. The number of ketones is 1. The van der Waals surface area contributed by atoms with Crippen LogP contribution in [0.15, 0.2) is 23.1 Å². The number of hydrogen-bond donors (Lipinski definition) is 0. The van der Waals surface area contributed by atoms with Crippen LogP contribution < -0.4 is 0 Å². The molecular formula is C15H19ClOS. The first-order chi connectivity index (χ1) is 8.70. The quantitative estimate of drug-likeness (QED) is 0.741. The molecule has 3 heteroatoms. The van der Waals surface area contributed by atoms with E-state index in [0.717, 1.165) is 28.3 Å². The van der Waals surface area contributed by atoms with E-state index in [0.29, 0.717) is 12.2 Å². The van der Waals surface area contributed by atoms with Gasteiger partial charge in [-0.25, -0.2) is 0 Å². The summed E-state index contributed by atoms with van der Waals surface area (Å²) in [5.74, 6) is 0.642. The topological polar surface area (TPSA) is 17.1 Å². The Labute approximate surface area is 118 Å². The number of rotatable bonds is 4. The minimum atomic E-state index is 0.273. The smallest absolute Gasteiger partial charge is 0.140 e. The zero-order chi connectivity index (χ0) is 13.0. The Morgan fingerprint density at radius 3 is 2.67 bits per heavy atom. The highest BCUT2D eigenvalue weighted by atomic mass is 35.5. The molecule has 1 aliphatic rings. The fourth-order valence-electron chi connectivity index (χ4n) is 2.55. The number of hydrogen-bond acceptors (Lipinski definition) is 2. The Balaban J connectivity index is 2.02. The van der Waals surface area contributed by atoms with Gasteiger partial charge in [0.05, 0.1) is 0 Å². The van der Waals surface area contributed by atoms with Gasteiger partial charge in [-0.15, -0.1) is 11.8 Å². The van der Waals surface area contributed by atoms with Crippen LogP contribution in [0.4, 0.5) is 0 Å². The highest BCUT2D eigenvalue weighted by Crippen LogP contribution is 2.28. The Morgan fingerprint density at radius 1 is 1.33 bits per heavy atom. The van der Waals surface area contributed by atoms with E-state index in [9.17, 15) is 4.79 Å². The average Bonchev–Trinajstić information content (AvgIpc) is 2.42. The molecule has 0 bridgehead atoms. The molecule has 1 saturated carbocycles. The predicted molar refractivity (Wildman–Crippen MR) is 78.5 cm³/mol. The van der Waals surface area contributed by atoms with E-state index in [1.165, 1.54) is 19.3 Å². The molecule has 0 spiro atoms. The number of Topliss-reactive ketones (excluding diaryl/α,β-unsaturated/α-hetero) is 1. The molecule has 0 heterocycles. The maximum absolute atomic E-state index is 12.2. The molecule has 0 saturated heterocycles. The highest BCUT2D eigenvalue weighted by Gasteiger charge is 2.21. The molecule has 1 aromatic carbocycles. The van der Waals surface area contributed by atoms with Gasteiger partial charge in [0.25, 0.3) is 0 Å². The van der Waals surface area contributed by atoms with Crippen molar-refractivity contribution in [1.82, 2.24) is 0 Å². The normalized spacial score (nSPS) is 16.8. The third kappa shape index (κ3) is 3.52. The monoisotopic (exact) mass is 282 g/mol. The van der Waals surface area contributed by atoms with Crippen molar-refractivity contribution in [3.63, 3.8) is 0 Å². The second kappa shape index (κ2) is 6.63. The number of carbonyl (C=O) groups excluding carboxylic acids is 1. The first-order valence-electron chi connectivity index (χ1n) is 6.56. The Morgan fingerprint density at radius 2 is 2.06 bits per heavy atom. The summed E-state index contributed by atoms with van der Waals surface area (Å²) < 4.78 is 0. The number of benzene rings is 1. The van der Waals surface area contributed by atoms with Gasteiger partial charge in [0.2, 0.25) is 0 Å². The molecule has 0 aromatic heterocycles. The van der Waals surface area contributed by atoms with Crippen molar-refractivity contribution in [2.45, 2.75) is 43.4 Å². The molecule has 0 unspecified atom stereocenters. The van der Waals surface area contributed by atoms with Crippen LogP contribution in [0.25, 0.3) is 0 Å². The Kier molecular flexibility index (Phi) is 5.13. The van der Waals surface area contributed by atoms with Crippen molar-refractivity contribution in [1.29, 1.82) is 0 Å². The van der Waals surface area contributed by atoms with Crippen molar-refractivity contribution < 1.29 is 4.79 Å². The van der Waals surface area contributed by atoms with E-state index in [2.05, 4.69) is 0 Å². The molecule has 0 aliphatic heterocycles. The van der Waals surface area contributed by atoms with Crippen LogP contribution in [0.3, 0.4) is 0 Å². The summed E-state index contributed by atoms with van der Waals surface area (Å²) >= 11 is 7.89. The van der Waals surface area contributed by atoms with Crippen LogP contribution in [-0.4, -0.2) is 12.0 Å². The molecule has 1 fully saturated rings. The summed E-state index contributed by atoms with van der Waals surface area (Å²) in [6.45, 7) is 0. The largest absolute Gasteiger partial charge is 0.299 e. The molecule has 0 N–H and O–H groups in total. The Bertz CT molecular complexity index is 425. The van der Waals surface area contributed by atoms with Crippen LogP contribution >= 0.6 is 23.4 Å². The van der Waals surface area contributed by atoms with Gasteiger partial charge in [-0.2, -0.15) is 0 Å². The van der Waals surface area contributed by atoms with Gasteiger partial charge >= 0.3 is 0 Å². The lowest BCUT2D eigenvalue weighted by Gasteiger charge is -2.20. The summed E-state index contributed by atoms with van der Waals surface area (Å²) in [5, 5.41) is 0.728. The van der Waals surface area contributed by atoms with Gasteiger partial charge in [-0.1, -0.05) is 36.9 Å².